The van der Waals surface area contributed by atoms with E-state index in [1.165, 1.54) is 36.9 Å². The van der Waals surface area contributed by atoms with Crippen molar-refractivity contribution in [2.45, 2.75) is 38.9 Å². The van der Waals surface area contributed by atoms with Crippen LogP contribution in [0.5, 0.6) is 0 Å². The Labute approximate surface area is 205 Å². The molecule has 6 rings (SSSR count). The minimum Gasteiger partial charge on any atom is -0.399 e. The Morgan fingerprint density at radius 1 is 0.618 bits per heavy atom. The fourth-order valence-corrected chi connectivity index (χ4v) is 5.86. The van der Waals surface area contributed by atoms with Crippen LogP contribution in [0.25, 0.3) is 42.4 Å². The molecule has 34 heavy (non-hydrogen) atoms. The van der Waals surface area contributed by atoms with Crippen LogP contribution in [0.15, 0.2) is 91.0 Å². The summed E-state index contributed by atoms with van der Waals surface area (Å²) in [5.74, 6) is 0. The van der Waals surface area contributed by atoms with Gasteiger partial charge in [0.25, 0.3) is 0 Å². The van der Waals surface area contributed by atoms with Crippen LogP contribution in [0.3, 0.4) is 0 Å². The average molecular weight is 462 g/mol. The Morgan fingerprint density at radius 3 is 2.03 bits per heavy atom. The second kappa shape index (κ2) is 7.81. The Hall–Kier alpha value is -2.92. The van der Waals surface area contributed by atoms with Crippen LogP contribution in [-0.2, 0) is 9.31 Å². The van der Waals surface area contributed by atoms with E-state index in [2.05, 4.69) is 119 Å². The van der Waals surface area contributed by atoms with E-state index in [-0.39, 0.29) is 18.3 Å². The maximum absolute atomic E-state index is 6.29. The zero-order valence-electron chi connectivity index (χ0n) is 20.0. The predicted octanol–water partition coefficient (Wildman–Crippen LogP) is 7.69. The van der Waals surface area contributed by atoms with Crippen molar-refractivity contribution in [2.24, 2.45) is 0 Å². The first kappa shape index (κ1) is 21.6. The van der Waals surface area contributed by atoms with Crippen LogP contribution in [-0.4, -0.2) is 18.3 Å². The number of thiophene rings is 1. The van der Waals surface area contributed by atoms with Crippen LogP contribution in [0, 0.1) is 0 Å². The Balaban J connectivity index is 1.41. The van der Waals surface area contributed by atoms with Gasteiger partial charge in [-0.1, -0.05) is 72.8 Å². The molecule has 1 fully saturated rings. The standard InChI is InChI=1S/C30H27BO2S/c1-29(2)30(3,4)33-31(32-29)23-13-8-11-21(19-23)20-10-7-12-22(18-20)24-15-9-17-27-28(24)25-14-5-6-16-26(25)34-27/h5-19H,1-4H3. The van der Waals surface area contributed by atoms with E-state index in [1.54, 1.807) is 0 Å². The summed E-state index contributed by atoms with van der Waals surface area (Å²) < 4.78 is 15.2. The number of hydrogen-bond acceptors (Lipinski definition) is 3. The fraction of sp³-hybridized carbons (Fsp3) is 0.200. The van der Waals surface area contributed by atoms with Crippen molar-refractivity contribution in [1.82, 2.24) is 0 Å². The summed E-state index contributed by atoms with van der Waals surface area (Å²) in [7, 11) is -0.362. The quantitative estimate of drug-likeness (QED) is 0.256. The lowest BCUT2D eigenvalue weighted by atomic mass is 9.78. The summed E-state index contributed by atoms with van der Waals surface area (Å²) >= 11 is 1.86. The number of benzene rings is 4. The first-order chi connectivity index (χ1) is 16.3. The summed E-state index contributed by atoms with van der Waals surface area (Å²) in [5.41, 5.74) is 5.20. The highest BCUT2D eigenvalue weighted by Crippen LogP contribution is 2.41. The van der Waals surface area contributed by atoms with Gasteiger partial charge in [0.15, 0.2) is 0 Å². The molecule has 1 aliphatic rings. The van der Waals surface area contributed by atoms with Gasteiger partial charge in [-0.3, -0.25) is 0 Å². The first-order valence-corrected chi connectivity index (χ1v) is 12.6. The number of fused-ring (bicyclic) bond motifs is 3. The summed E-state index contributed by atoms with van der Waals surface area (Å²) in [5, 5.41) is 2.66. The average Bonchev–Trinajstić information content (AvgIpc) is 3.32. The number of rotatable bonds is 3. The molecule has 0 radical (unpaired) electrons. The molecule has 0 spiro atoms. The molecule has 0 saturated carbocycles. The Bertz CT molecular complexity index is 1520. The van der Waals surface area contributed by atoms with E-state index >= 15 is 0 Å². The van der Waals surface area contributed by atoms with Gasteiger partial charge in [0.1, 0.15) is 0 Å². The van der Waals surface area contributed by atoms with Gasteiger partial charge in [0, 0.05) is 20.2 Å². The molecule has 1 aromatic heterocycles. The third kappa shape index (κ3) is 3.49. The molecule has 0 N–H and O–H groups in total. The van der Waals surface area contributed by atoms with Crippen LogP contribution in [0.4, 0.5) is 0 Å². The van der Waals surface area contributed by atoms with Gasteiger partial charge in [-0.2, -0.15) is 0 Å². The van der Waals surface area contributed by atoms with Crippen molar-refractivity contribution < 1.29 is 9.31 Å². The van der Waals surface area contributed by atoms with Crippen molar-refractivity contribution in [2.75, 3.05) is 0 Å². The summed E-state index contributed by atoms with van der Waals surface area (Å²) in [6, 6.07) is 32.7. The largest absolute Gasteiger partial charge is 0.494 e. The minimum absolute atomic E-state index is 0.352. The Morgan fingerprint density at radius 2 is 1.24 bits per heavy atom. The van der Waals surface area contributed by atoms with Gasteiger partial charge in [0.05, 0.1) is 11.2 Å². The molecule has 168 valence electrons. The SMILES string of the molecule is CC1(C)OB(c2cccc(-c3cccc(-c4cccc5sc6ccccc6c45)c3)c2)OC1(C)C. The van der Waals surface area contributed by atoms with Gasteiger partial charge in [-0.05, 0) is 73.6 Å². The summed E-state index contributed by atoms with van der Waals surface area (Å²) in [6.07, 6.45) is 0. The molecule has 1 saturated heterocycles. The molecule has 2 heterocycles. The summed E-state index contributed by atoms with van der Waals surface area (Å²) in [6.45, 7) is 8.37. The van der Waals surface area contributed by atoms with Gasteiger partial charge in [-0.15, -0.1) is 11.3 Å². The van der Waals surface area contributed by atoms with E-state index in [1.807, 2.05) is 11.3 Å². The smallest absolute Gasteiger partial charge is 0.399 e. The molecular weight excluding hydrogens is 435 g/mol. The summed E-state index contributed by atoms with van der Waals surface area (Å²) in [4.78, 5) is 0. The Kier molecular flexibility index (Phi) is 4.96. The van der Waals surface area contributed by atoms with E-state index < -0.39 is 0 Å². The molecule has 5 aromatic rings. The second-order valence-electron chi connectivity index (χ2n) is 10.1. The van der Waals surface area contributed by atoms with Crippen molar-refractivity contribution in [3.8, 4) is 22.3 Å². The molecule has 0 unspecified atom stereocenters. The fourth-order valence-electron chi connectivity index (χ4n) is 4.73. The zero-order chi connectivity index (χ0) is 23.5. The molecule has 4 heteroatoms. The predicted molar refractivity (Wildman–Crippen MR) is 146 cm³/mol. The molecule has 2 nitrogen and oxygen atoms in total. The lowest BCUT2D eigenvalue weighted by Gasteiger charge is -2.32. The normalized spacial score (nSPS) is 17.0. The zero-order valence-corrected chi connectivity index (χ0v) is 20.8. The topological polar surface area (TPSA) is 18.5 Å². The van der Waals surface area contributed by atoms with Crippen LogP contribution in [0.2, 0.25) is 0 Å². The molecule has 0 atom stereocenters. The maximum atomic E-state index is 6.29. The lowest BCUT2D eigenvalue weighted by molar-refractivity contribution is 0.00578. The molecule has 4 aromatic carbocycles. The molecule has 1 aliphatic heterocycles. The third-order valence-corrected chi connectivity index (χ3v) is 8.46. The maximum Gasteiger partial charge on any atom is 0.494 e. The first-order valence-electron chi connectivity index (χ1n) is 11.8. The highest BCUT2D eigenvalue weighted by atomic mass is 32.1. The van der Waals surface area contributed by atoms with E-state index in [0.29, 0.717) is 0 Å². The third-order valence-electron chi connectivity index (χ3n) is 7.32. The monoisotopic (exact) mass is 462 g/mol. The highest BCUT2D eigenvalue weighted by Gasteiger charge is 2.51. The van der Waals surface area contributed by atoms with Gasteiger partial charge < -0.3 is 9.31 Å². The van der Waals surface area contributed by atoms with Crippen molar-refractivity contribution >= 4 is 44.1 Å². The van der Waals surface area contributed by atoms with Crippen LogP contribution >= 0.6 is 11.3 Å². The van der Waals surface area contributed by atoms with Crippen LogP contribution < -0.4 is 5.46 Å². The van der Waals surface area contributed by atoms with Gasteiger partial charge in [0.2, 0.25) is 0 Å². The second-order valence-corrected chi connectivity index (χ2v) is 11.2. The van der Waals surface area contributed by atoms with Crippen molar-refractivity contribution in [3.05, 3.63) is 91.0 Å². The van der Waals surface area contributed by atoms with E-state index in [0.717, 1.165) is 11.0 Å². The molecular formula is C30H27BO2S. The molecule has 0 bridgehead atoms. The molecule has 0 aliphatic carbocycles. The van der Waals surface area contributed by atoms with Gasteiger partial charge in [-0.25, -0.2) is 0 Å². The van der Waals surface area contributed by atoms with E-state index in [9.17, 15) is 0 Å². The lowest BCUT2D eigenvalue weighted by Crippen LogP contribution is -2.41. The minimum atomic E-state index is -0.362. The van der Waals surface area contributed by atoms with E-state index in [4.69, 9.17) is 9.31 Å². The van der Waals surface area contributed by atoms with Crippen molar-refractivity contribution in [1.29, 1.82) is 0 Å². The van der Waals surface area contributed by atoms with Crippen molar-refractivity contribution in [3.63, 3.8) is 0 Å². The molecule has 0 amide bonds. The van der Waals surface area contributed by atoms with Gasteiger partial charge >= 0.3 is 7.12 Å². The highest BCUT2D eigenvalue weighted by molar-refractivity contribution is 7.25. The van der Waals surface area contributed by atoms with Crippen LogP contribution in [0.1, 0.15) is 27.7 Å². The number of hydrogen-bond donors (Lipinski definition) is 0.